The van der Waals surface area contributed by atoms with Crippen LogP contribution in [0.3, 0.4) is 0 Å². The van der Waals surface area contributed by atoms with Crippen LogP contribution in [-0.4, -0.2) is 30.0 Å². The monoisotopic (exact) mass is 251 g/mol. The van der Waals surface area contributed by atoms with Crippen LogP contribution in [0.5, 0.6) is 0 Å². The van der Waals surface area contributed by atoms with E-state index in [0.717, 1.165) is 31.1 Å². The minimum absolute atomic E-state index is 0.00740. The Hall–Kier alpha value is -1.10. The molecule has 3 rings (SSSR count). The maximum atomic E-state index is 11.8. The molecule has 4 nitrogen and oxygen atoms in total. The summed E-state index contributed by atoms with van der Waals surface area (Å²) < 4.78 is 0. The van der Waals surface area contributed by atoms with Crippen molar-refractivity contribution < 1.29 is 4.79 Å². The Labute approximate surface area is 105 Å². The van der Waals surface area contributed by atoms with Gasteiger partial charge in [-0.2, -0.15) is 0 Å². The van der Waals surface area contributed by atoms with Crippen molar-refractivity contribution in [2.24, 2.45) is 0 Å². The molecular formula is C12H17N3OS. The SMILES string of the molecule is O=C(NC1CC1)c1csc(N2CCCCC2)n1. The molecule has 0 unspecified atom stereocenters. The number of nitrogens with one attached hydrogen (secondary N) is 1. The van der Waals surface area contributed by atoms with E-state index in [-0.39, 0.29) is 5.91 Å². The molecule has 1 aromatic rings. The molecule has 2 fully saturated rings. The van der Waals surface area contributed by atoms with Crippen LogP contribution in [0.25, 0.3) is 0 Å². The van der Waals surface area contributed by atoms with Gasteiger partial charge in [0.2, 0.25) is 0 Å². The summed E-state index contributed by atoms with van der Waals surface area (Å²) in [6, 6.07) is 0.405. The molecule has 5 heteroatoms. The van der Waals surface area contributed by atoms with Crippen LogP contribution in [0.15, 0.2) is 5.38 Å². The zero-order valence-electron chi connectivity index (χ0n) is 9.82. The Morgan fingerprint density at radius 1 is 1.35 bits per heavy atom. The number of carbonyl (C=O) groups excluding carboxylic acids is 1. The minimum Gasteiger partial charge on any atom is -0.348 e. The molecule has 0 aromatic carbocycles. The van der Waals surface area contributed by atoms with Gasteiger partial charge in [-0.15, -0.1) is 11.3 Å². The number of thiazole rings is 1. The fourth-order valence-electron chi connectivity index (χ4n) is 2.09. The quantitative estimate of drug-likeness (QED) is 0.894. The second kappa shape index (κ2) is 4.64. The van der Waals surface area contributed by atoms with Gasteiger partial charge in [0, 0.05) is 24.5 Å². The van der Waals surface area contributed by atoms with E-state index in [2.05, 4.69) is 15.2 Å². The van der Waals surface area contributed by atoms with E-state index in [0.29, 0.717) is 11.7 Å². The second-order valence-corrected chi connectivity index (χ2v) is 5.65. The lowest BCUT2D eigenvalue weighted by Crippen LogP contribution is -2.30. The number of hydrogen-bond donors (Lipinski definition) is 1. The molecule has 92 valence electrons. The lowest BCUT2D eigenvalue weighted by Gasteiger charge is -2.25. The number of anilines is 1. The molecule has 1 saturated heterocycles. The average molecular weight is 251 g/mol. The predicted octanol–water partition coefficient (Wildman–Crippen LogP) is 2.03. The number of aromatic nitrogens is 1. The summed E-state index contributed by atoms with van der Waals surface area (Å²) in [5, 5.41) is 5.85. The van der Waals surface area contributed by atoms with Gasteiger partial charge in [0.1, 0.15) is 5.69 Å². The molecule has 1 N–H and O–H groups in total. The van der Waals surface area contributed by atoms with Crippen LogP contribution < -0.4 is 10.2 Å². The van der Waals surface area contributed by atoms with E-state index < -0.39 is 0 Å². The van der Waals surface area contributed by atoms with Crippen molar-refractivity contribution in [3.8, 4) is 0 Å². The predicted molar refractivity (Wildman–Crippen MR) is 68.7 cm³/mol. The zero-order chi connectivity index (χ0) is 11.7. The van der Waals surface area contributed by atoms with E-state index in [4.69, 9.17) is 0 Å². The molecule has 1 saturated carbocycles. The molecule has 2 aliphatic rings. The van der Waals surface area contributed by atoms with Crippen molar-refractivity contribution in [3.63, 3.8) is 0 Å². The number of amides is 1. The van der Waals surface area contributed by atoms with E-state index >= 15 is 0 Å². The number of carbonyl (C=O) groups is 1. The summed E-state index contributed by atoms with van der Waals surface area (Å²) in [6.45, 7) is 2.16. The van der Waals surface area contributed by atoms with Crippen LogP contribution in [0.4, 0.5) is 5.13 Å². The zero-order valence-corrected chi connectivity index (χ0v) is 10.6. The van der Waals surface area contributed by atoms with E-state index in [1.54, 1.807) is 11.3 Å². The summed E-state index contributed by atoms with van der Waals surface area (Å²) in [7, 11) is 0. The fraction of sp³-hybridized carbons (Fsp3) is 0.667. The Morgan fingerprint density at radius 3 is 2.82 bits per heavy atom. The van der Waals surface area contributed by atoms with E-state index in [9.17, 15) is 4.79 Å². The van der Waals surface area contributed by atoms with Crippen molar-refractivity contribution in [2.75, 3.05) is 18.0 Å². The summed E-state index contributed by atoms with van der Waals surface area (Å²) in [5.41, 5.74) is 0.586. The minimum atomic E-state index is -0.00740. The largest absolute Gasteiger partial charge is 0.348 e. The molecule has 1 aliphatic heterocycles. The highest BCUT2D eigenvalue weighted by Gasteiger charge is 2.25. The topological polar surface area (TPSA) is 45.2 Å². The number of nitrogens with zero attached hydrogens (tertiary/aromatic N) is 2. The van der Waals surface area contributed by atoms with Gasteiger partial charge in [-0.1, -0.05) is 0 Å². The highest BCUT2D eigenvalue weighted by molar-refractivity contribution is 7.13. The van der Waals surface area contributed by atoms with Crippen molar-refractivity contribution in [1.29, 1.82) is 0 Å². The molecule has 1 amide bonds. The molecule has 0 atom stereocenters. The summed E-state index contributed by atoms with van der Waals surface area (Å²) in [5.74, 6) is -0.00740. The van der Waals surface area contributed by atoms with Gasteiger partial charge in [0.05, 0.1) is 0 Å². The van der Waals surface area contributed by atoms with Crippen molar-refractivity contribution in [3.05, 3.63) is 11.1 Å². The van der Waals surface area contributed by atoms with Gasteiger partial charge < -0.3 is 10.2 Å². The molecule has 2 heterocycles. The highest BCUT2D eigenvalue weighted by atomic mass is 32.1. The molecule has 0 bridgehead atoms. The normalized spacial score (nSPS) is 20.4. The van der Waals surface area contributed by atoms with Crippen LogP contribution >= 0.6 is 11.3 Å². The van der Waals surface area contributed by atoms with Gasteiger partial charge in [0.25, 0.3) is 5.91 Å². The molecular weight excluding hydrogens is 234 g/mol. The third kappa shape index (κ3) is 2.60. The smallest absolute Gasteiger partial charge is 0.271 e. The van der Waals surface area contributed by atoms with E-state index in [1.165, 1.54) is 19.3 Å². The lowest BCUT2D eigenvalue weighted by atomic mass is 10.1. The van der Waals surface area contributed by atoms with Crippen LogP contribution in [-0.2, 0) is 0 Å². The summed E-state index contributed by atoms with van der Waals surface area (Å²) >= 11 is 1.59. The van der Waals surface area contributed by atoms with Crippen LogP contribution in [0.2, 0.25) is 0 Å². The maximum absolute atomic E-state index is 11.8. The fourth-order valence-corrected chi connectivity index (χ4v) is 2.95. The molecule has 17 heavy (non-hydrogen) atoms. The Bertz CT molecular complexity index is 408. The third-order valence-corrected chi connectivity index (χ3v) is 4.17. The van der Waals surface area contributed by atoms with Crippen LogP contribution in [0.1, 0.15) is 42.6 Å². The second-order valence-electron chi connectivity index (χ2n) is 4.81. The first-order chi connectivity index (χ1) is 8.33. The standard InChI is InChI=1S/C12H17N3OS/c16-11(13-9-4-5-9)10-8-17-12(14-10)15-6-2-1-3-7-15/h8-9H,1-7H2,(H,13,16). The van der Waals surface area contributed by atoms with Gasteiger partial charge in [0.15, 0.2) is 5.13 Å². The molecule has 1 aromatic heterocycles. The molecule has 1 aliphatic carbocycles. The number of rotatable bonds is 3. The summed E-state index contributed by atoms with van der Waals surface area (Å²) in [4.78, 5) is 18.5. The maximum Gasteiger partial charge on any atom is 0.271 e. The van der Waals surface area contributed by atoms with Crippen molar-refractivity contribution in [1.82, 2.24) is 10.3 Å². The Morgan fingerprint density at radius 2 is 2.12 bits per heavy atom. The van der Waals surface area contributed by atoms with Crippen LogP contribution in [0, 0.1) is 0 Å². The lowest BCUT2D eigenvalue weighted by molar-refractivity contribution is 0.0947. The Kier molecular flexibility index (Phi) is 3.01. The first-order valence-corrected chi connectivity index (χ1v) is 7.22. The van der Waals surface area contributed by atoms with Gasteiger partial charge in [-0.05, 0) is 32.1 Å². The first kappa shape index (κ1) is 11.0. The van der Waals surface area contributed by atoms with Crippen molar-refractivity contribution >= 4 is 22.4 Å². The number of hydrogen-bond acceptors (Lipinski definition) is 4. The highest BCUT2D eigenvalue weighted by Crippen LogP contribution is 2.25. The summed E-state index contributed by atoms with van der Waals surface area (Å²) in [6.07, 6.45) is 6.03. The molecule has 0 radical (unpaired) electrons. The Balaban J connectivity index is 1.65. The first-order valence-electron chi connectivity index (χ1n) is 6.34. The van der Waals surface area contributed by atoms with Gasteiger partial charge in [-0.3, -0.25) is 4.79 Å². The van der Waals surface area contributed by atoms with E-state index in [1.807, 2.05) is 5.38 Å². The third-order valence-electron chi connectivity index (χ3n) is 3.26. The van der Waals surface area contributed by atoms with Crippen molar-refractivity contribution in [2.45, 2.75) is 38.1 Å². The van der Waals surface area contributed by atoms with Gasteiger partial charge >= 0.3 is 0 Å². The number of piperidine rings is 1. The average Bonchev–Trinajstić information content (AvgIpc) is 3.04. The molecule has 0 spiro atoms. The van der Waals surface area contributed by atoms with Gasteiger partial charge in [-0.25, -0.2) is 4.98 Å².